The van der Waals surface area contributed by atoms with Crippen LogP contribution < -0.4 is 0 Å². The van der Waals surface area contributed by atoms with Crippen molar-refractivity contribution in [1.29, 1.82) is 10.9 Å². The van der Waals surface area contributed by atoms with Crippen LogP contribution in [0.2, 0.25) is 0 Å². The molecular formula is C20H16N4. The van der Waals surface area contributed by atoms with Gasteiger partial charge in [0.15, 0.2) is 5.84 Å². The van der Waals surface area contributed by atoms with Crippen molar-refractivity contribution in [2.24, 2.45) is 5.11 Å². The predicted molar refractivity (Wildman–Crippen MR) is 97.0 cm³/mol. The van der Waals surface area contributed by atoms with E-state index in [-0.39, 0.29) is 5.84 Å². The number of amidine groups is 1. The lowest BCUT2D eigenvalue weighted by Gasteiger charge is -2.08. The van der Waals surface area contributed by atoms with Crippen molar-refractivity contribution in [3.63, 3.8) is 0 Å². The van der Waals surface area contributed by atoms with Crippen LogP contribution in [0, 0.1) is 10.9 Å². The molecule has 1 heterocycles. The number of hydrogen-bond acceptors (Lipinski definition) is 2. The van der Waals surface area contributed by atoms with E-state index in [9.17, 15) is 0 Å². The van der Waals surface area contributed by atoms with Crippen LogP contribution in [0.25, 0.3) is 21.7 Å². The van der Waals surface area contributed by atoms with Gasteiger partial charge in [0.05, 0.1) is 0 Å². The molecular weight excluding hydrogens is 296 g/mol. The molecule has 3 aromatic carbocycles. The topological polar surface area (TPSA) is 65.0 Å². The monoisotopic (exact) mass is 312 g/mol. The van der Waals surface area contributed by atoms with E-state index >= 15 is 0 Å². The van der Waals surface area contributed by atoms with Crippen molar-refractivity contribution in [2.75, 3.05) is 0 Å². The molecule has 4 rings (SSSR count). The normalized spacial score (nSPS) is 11.0. The minimum atomic E-state index is -0.0146. The Balaban J connectivity index is 1.70. The van der Waals surface area contributed by atoms with E-state index < -0.39 is 0 Å². The summed E-state index contributed by atoms with van der Waals surface area (Å²) in [4.78, 5) is 0. The van der Waals surface area contributed by atoms with Gasteiger partial charge in [-0.1, -0.05) is 36.4 Å². The number of fused-ring (bicyclic) bond motifs is 2. The fourth-order valence-electron chi connectivity index (χ4n) is 3.08. The van der Waals surface area contributed by atoms with E-state index in [1.165, 1.54) is 16.3 Å². The molecule has 1 aromatic heterocycles. The summed E-state index contributed by atoms with van der Waals surface area (Å²) in [6.07, 6.45) is 2.06. The number of hydrogen-bond donors (Lipinski definition) is 2. The summed E-state index contributed by atoms with van der Waals surface area (Å²) in [6.45, 7) is 0.800. The molecule has 0 bridgehead atoms. The van der Waals surface area contributed by atoms with Gasteiger partial charge in [0.2, 0.25) is 0 Å². The first-order valence-electron chi connectivity index (χ1n) is 7.77. The van der Waals surface area contributed by atoms with Gasteiger partial charge in [-0.25, -0.2) is 5.53 Å². The lowest BCUT2D eigenvalue weighted by molar-refractivity contribution is 0.838. The molecule has 0 unspecified atom stereocenters. The van der Waals surface area contributed by atoms with Crippen molar-refractivity contribution in [2.45, 2.75) is 6.54 Å². The van der Waals surface area contributed by atoms with Crippen LogP contribution in [0.5, 0.6) is 0 Å². The molecule has 2 N–H and O–H groups in total. The molecule has 0 saturated carbocycles. The Morgan fingerprint density at radius 3 is 2.54 bits per heavy atom. The summed E-state index contributed by atoms with van der Waals surface area (Å²) in [5.74, 6) is -0.0146. The Morgan fingerprint density at radius 1 is 0.875 bits per heavy atom. The molecule has 0 radical (unpaired) electrons. The predicted octanol–water partition coefficient (Wildman–Crippen LogP) is 5.20. The number of aromatic nitrogens is 1. The lowest BCUT2D eigenvalue weighted by atomic mass is 10.1. The van der Waals surface area contributed by atoms with Gasteiger partial charge in [0, 0.05) is 29.2 Å². The molecule has 24 heavy (non-hydrogen) atoms. The average Bonchev–Trinajstić information content (AvgIpc) is 3.03. The minimum Gasteiger partial charge on any atom is -0.343 e. The summed E-state index contributed by atoms with van der Waals surface area (Å²) in [7, 11) is 0. The molecule has 0 spiro atoms. The van der Waals surface area contributed by atoms with Crippen LogP contribution in [0.3, 0.4) is 0 Å². The fraction of sp³-hybridized carbons (Fsp3) is 0.0500. The van der Waals surface area contributed by atoms with Gasteiger partial charge >= 0.3 is 0 Å². The lowest BCUT2D eigenvalue weighted by Crippen LogP contribution is -1.98. The summed E-state index contributed by atoms with van der Waals surface area (Å²) < 4.78 is 2.20. The molecule has 0 atom stereocenters. The summed E-state index contributed by atoms with van der Waals surface area (Å²) in [5, 5.41) is 14.4. The van der Waals surface area contributed by atoms with Gasteiger partial charge in [-0.3, -0.25) is 5.41 Å². The van der Waals surface area contributed by atoms with E-state index in [0.29, 0.717) is 5.56 Å². The summed E-state index contributed by atoms with van der Waals surface area (Å²) in [5.41, 5.74) is 10.0. The third kappa shape index (κ3) is 2.48. The second-order valence-electron chi connectivity index (χ2n) is 5.86. The van der Waals surface area contributed by atoms with Crippen LogP contribution >= 0.6 is 0 Å². The van der Waals surface area contributed by atoms with Crippen molar-refractivity contribution in [3.8, 4) is 0 Å². The Hall–Kier alpha value is -3.27. The van der Waals surface area contributed by atoms with Gasteiger partial charge in [-0.05, 0) is 46.7 Å². The van der Waals surface area contributed by atoms with Crippen LogP contribution in [0.15, 0.2) is 78.0 Å². The van der Waals surface area contributed by atoms with E-state index in [1.807, 2.05) is 24.3 Å². The highest BCUT2D eigenvalue weighted by Gasteiger charge is 2.06. The van der Waals surface area contributed by atoms with Crippen LogP contribution in [0.4, 0.5) is 0 Å². The van der Waals surface area contributed by atoms with E-state index in [0.717, 1.165) is 17.4 Å². The maximum absolute atomic E-state index is 7.66. The summed E-state index contributed by atoms with van der Waals surface area (Å²) in [6, 6.07) is 22.7. The SMILES string of the molecule is N=NC(=N)c1ccc2c(ccn2Cc2ccc3ccccc3c2)c1. The first-order chi connectivity index (χ1) is 11.7. The van der Waals surface area contributed by atoms with Gasteiger partial charge in [-0.15, -0.1) is 5.11 Å². The third-order valence-corrected chi connectivity index (χ3v) is 4.32. The average molecular weight is 312 g/mol. The first-order valence-corrected chi connectivity index (χ1v) is 7.77. The molecule has 4 heteroatoms. The zero-order chi connectivity index (χ0) is 16.5. The fourth-order valence-corrected chi connectivity index (χ4v) is 3.08. The highest BCUT2D eigenvalue weighted by molar-refractivity contribution is 5.99. The maximum Gasteiger partial charge on any atom is 0.173 e. The zero-order valence-corrected chi connectivity index (χ0v) is 13.0. The standard InChI is InChI=1S/C20H16N4/c21-20(23-22)18-7-8-19-17(12-18)9-10-24(19)13-14-5-6-15-3-1-2-4-16(15)11-14/h1-12,21-22H,13H2. The molecule has 0 amide bonds. The van der Waals surface area contributed by atoms with Gasteiger partial charge in [0.25, 0.3) is 0 Å². The van der Waals surface area contributed by atoms with Crippen molar-refractivity contribution >= 4 is 27.5 Å². The maximum atomic E-state index is 7.66. The van der Waals surface area contributed by atoms with Crippen molar-refractivity contribution < 1.29 is 0 Å². The number of nitrogens with one attached hydrogen (secondary N) is 2. The Labute approximate surface area is 139 Å². The molecule has 0 aliphatic carbocycles. The van der Waals surface area contributed by atoms with E-state index in [2.05, 4.69) is 58.3 Å². The van der Waals surface area contributed by atoms with E-state index in [1.54, 1.807) is 0 Å². The number of rotatable bonds is 3. The Morgan fingerprint density at radius 2 is 1.71 bits per heavy atom. The minimum absolute atomic E-state index is 0.0146. The molecule has 0 saturated heterocycles. The molecule has 4 nitrogen and oxygen atoms in total. The number of nitrogens with zero attached hydrogens (tertiary/aromatic N) is 2. The highest BCUT2D eigenvalue weighted by Crippen LogP contribution is 2.21. The van der Waals surface area contributed by atoms with Gasteiger partial charge < -0.3 is 4.57 Å². The summed E-state index contributed by atoms with van der Waals surface area (Å²) >= 11 is 0. The van der Waals surface area contributed by atoms with Crippen LogP contribution in [0.1, 0.15) is 11.1 Å². The molecule has 0 aliphatic rings. The molecule has 0 aliphatic heterocycles. The zero-order valence-electron chi connectivity index (χ0n) is 13.0. The number of benzene rings is 3. The Bertz CT molecular complexity index is 1080. The smallest absolute Gasteiger partial charge is 0.173 e. The quantitative estimate of drug-likeness (QED) is 0.297. The largest absolute Gasteiger partial charge is 0.343 e. The second kappa shape index (κ2) is 5.74. The highest BCUT2D eigenvalue weighted by atomic mass is 15.0. The van der Waals surface area contributed by atoms with Crippen molar-refractivity contribution in [1.82, 2.24) is 4.57 Å². The molecule has 116 valence electrons. The van der Waals surface area contributed by atoms with Gasteiger partial charge in [-0.2, -0.15) is 0 Å². The first kappa shape index (κ1) is 14.3. The molecule has 0 fully saturated rings. The third-order valence-electron chi connectivity index (χ3n) is 4.32. The van der Waals surface area contributed by atoms with Gasteiger partial charge in [0.1, 0.15) is 0 Å². The van der Waals surface area contributed by atoms with E-state index in [4.69, 9.17) is 10.9 Å². The second-order valence-corrected chi connectivity index (χ2v) is 5.86. The molecule has 4 aromatic rings. The van der Waals surface area contributed by atoms with Crippen LogP contribution in [-0.4, -0.2) is 10.4 Å². The van der Waals surface area contributed by atoms with Crippen molar-refractivity contribution in [3.05, 3.63) is 84.1 Å². The Kier molecular flexibility index (Phi) is 3.43. The van der Waals surface area contributed by atoms with Crippen LogP contribution in [-0.2, 0) is 6.54 Å².